The van der Waals surface area contributed by atoms with E-state index in [1.54, 1.807) is 12.1 Å². The van der Waals surface area contributed by atoms with Crippen molar-refractivity contribution in [2.24, 2.45) is 0 Å². The fourth-order valence-electron chi connectivity index (χ4n) is 3.80. The molecule has 0 aliphatic carbocycles. The number of amides is 1. The number of fused-ring (bicyclic) bond motifs is 2. The first kappa shape index (κ1) is 18.1. The van der Waals surface area contributed by atoms with Gasteiger partial charge < -0.3 is 10.1 Å². The Morgan fingerprint density at radius 3 is 2.67 bits per heavy atom. The van der Waals surface area contributed by atoms with Crippen molar-refractivity contribution in [2.45, 2.75) is 19.4 Å². The normalized spacial score (nSPS) is 15.5. The van der Waals surface area contributed by atoms with Gasteiger partial charge in [0.2, 0.25) is 0 Å². The Kier molecular flexibility index (Phi) is 4.32. The third-order valence-electron chi connectivity index (χ3n) is 5.32. The quantitative estimate of drug-likeness (QED) is 0.530. The molecular formula is C24H19N3O3. The van der Waals surface area contributed by atoms with Crippen molar-refractivity contribution in [3.05, 3.63) is 89.6 Å². The third-order valence-corrected chi connectivity index (χ3v) is 5.32. The maximum absolute atomic E-state index is 13.1. The van der Waals surface area contributed by atoms with Crippen molar-refractivity contribution in [2.75, 3.05) is 5.32 Å². The number of nitrogens with zero attached hydrogens (tertiary/aromatic N) is 2. The number of anilines is 1. The maximum atomic E-state index is 13.1. The highest BCUT2D eigenvalue weighted by Crippen LogP contribution is 2.30. The number of pyridine rings is 1. The van der Waals surface area contributed by atoms with E-state index in [-0.39, 0.29) is 5.91 Å². The zero-order valence-electron chi connectivity index (χ0n) is 16.3. The Morgan fingerprint density at radius 2 is 1.83 bits per heavy atom. The average Bonchev–Trinajstić information content (AvgIpc) is 3.14. The largest absolute Gasteiger partial charge is 0.448 e. The van der Waals surface area contributed by atoms with E-state index in [4.69, 9.17) is 9.72 Å². The molecule has 0 radical (unpaired) electrons. The van der Waals surface area contributed by atoms with Crippen LogP contribution >= 0.6 is 0 Å². The Morgan fingerprint density at radius 1 is 1.07 bits per heavy atom. The molecule has 1 N–H and O–H groups in total. The Bertz CT molecular complexity index is 1280. The molecule has 2 aromatic carbocycles. The first-order chi connectivity index (χ1) is 14.6. The summed E-state index contributed by atoms with van der Waals surface area (Å²) in [6.07, 6.45) is 1.30. The average molecular weight is 397 g/mol. The molecular weight excluding hydrogens is 378 g/mol. The highest BCUT2D eigenvalue weighted by molar-refractivity contribution is 6.01. The Balaban J connectivity index is 1.53. The second-order valence-corrected chi connectivity index (χ2v) is 7.30. The molecule has 0 fully saturated rings. The van der Waals surface area contributed by atoms with Gasteiger partial charge in [-0.15, -0.1) is 0 Å². The number of carbonyl (C=O) groups excluding carboxylic acids is 2. The number of aromatic nitrogens is 2. The number of nitrogens with one attached hydrogen (secondary N) is 1. The van der Waals surface area contributed by atoms with E-state index in [0.29, 0.717) is 23.5 Å². The van der Waals surface area contributed by atoms with Crippen LogP contribution in [-0.4, -0.2) is 27.4 Å². The lowest BCUT2D eigenvalue weighted by molar-refractivity contribution is -0.125. The number of hydrogen-bond acceptors (Lipinski definition) is 4. The summed E-state index contributed by atoms with van der Waals surface area (Å²) in [4.78, 5) is 30.2. The molecule has 2 aromatic heterocycles. The molecule has 5 rings (SSSR count). The molecule has 0 saturated carbocycles. The number of esters is 1. The Hall–Kier alpha value is -3.93. The summed E-state index contributed by atoms with van der Waals surface area (Å²) in [5.41, 5.74) is 4.64. The van der Waals surface area contributed by atoms with Gasteiger partial charge in [0.05, 0.1) is 5.56 Å². The van der Waals surface area contributed by atoms with E-state index in [0.717, 1.165) is 22.3 Å². The number of carbonyl (C=O) groups is 2. The van der Waals surface area contributed by atoms with Crippen molar-refractivity contribution < 1.29 is 14.3 Å². The van der Waals surface area contributed by atoms with Gasteiger partial charge in [0.25, 0.3) is 5.91 Å². The molecule has 6 heteroatoms. The molecule has 6 nitrogen and oxygen atoms in total. The predicted octanol–water partition coefficient (Wildman–Crippen LogP) is 4.03. The molecule has 1 unspecified atom stereocenters. The van der Waals surface area contributed by atoms with Crippen LogP contribution in [0.5, 0.6) is 0 Å². The number of benzene rings is 2. The van der Waals surface area contributed by atoms with Crippen LogP contribution in [0.4, 0.5) is 5.82 Å². The summed E-state index contributed by atoms with van der Waals surface area (Å²) < 4.78 is 7.28. The van der Waals surface area contributed by atoms with Crippen molar-refractivity contribution in [3.8, 4) is 11.3 Å². The third kappa shape index (κ3) is 3.03. The van der Waals surface area contributed by atoms with E-state index in [1.165, 1.54) is 0 Å². The second-order valence-electron chi connectivity index (χ2n) is 7.30. The maximum Gasteiger partial charge on any atom is 0.339 e. The van der Waals surface area contributed by atoms with Crippen LogP contribution < -0.4 is 5.32 Å². The molecule has 30 heavy (non-hydrogen) atoms. The van der Waals surface area contributed by atoms with Gasteiger partial charge in [-0.2, -0.15) is 0 Å². The smallest absolute Gasteiger partial charge is 0.339 e. The van der Waals surface area contributed by atoms with Gasteiger partial charge in [-0.3, -0.25) is 9.20 Å². The molecule has 1 aliphatic heterocycles. The highest BCUT2D eigenvalue weighted by atomic mass is 16.5. The van der Waals surface area contributed by atoms with Crippen LogP contribution in [0.25, 0.3) is 16.9 Å². The highest BCUT2D eigenvalue weighted by Gasteiger charge is 2.32. The summed E-state index contributed by atoms with van der Waals surface area (Å²) in [6, 6.07) is 20.8. The topological polar surface area (TPSA) is 72.7 Å². The van der Waals surface area contributed by atoms with Gasteiger partial charge in [0.1, 0.15) is 17.2 Å². The van der Waals surface area contributed by atoms with Crippen LogP contribution in [0, 0.1) is 6.92 Å². The zero-order valence-corrected chi connectivity index (χ0v) is 16.3. The molecule has 1 atom stereocenters. The first-order valence-corrected chi connectivity index (χ1v) is 9.74. The van der Waals surface area contributed by atoms with Gasteiger partial charge in [-0.05, 0) is 30.2 Å². The molecule has 0 saturated heterocycles. The van der Waals surface area contributed by atoms with Crippen LogP contribution in [0.2, 0.25) is 0 Å². The predicted molar refractivity (Wildman–Crippen MR) is 113 cm³/mol. The van der Waals surface area contributed by atoms with Gasteiger partial charge in [-0.1, -0.05) is 54.6 Å². The minimum Gasteiger partial charge on any atom is -0.448 e. The lowest BCUT2D eigenvalue weighted by atomic mass is 9.98. The minimum atomic E-state index is -0.897. The molecule has 1 aliphatic rings. The number of rotatable bonds is 3. The van der Waals surface area contributed by atoms with E-state index in [9.17, 15) is 9.59 Å². The molecule has 3 heterocycles. The van der Waals surface area contributed by atoms with Crippen LogP contribution in [0.1, 0.15) is 21.5 Å². The minimum absolute atomic E-state index is 0.337. The van der Waals surface area contributed by atoms with E-state index < -0.39 is 12.1 Å². The summed E-state index contributed by atoms with van der Waals surface area (Å²) in [5.74, 6) is -0.299. The van der Waals surface area contributed by atoms with Gasteiger partial charge in [0.15, 0.2) is 6.10 Å². The lowest BCUT2D eigenvalue weighted by Gasteiger charge is -2.23. The zero-order chi connectivity index (χ0) is 20.7. The number of hydrogen-bond donors (Lipinski definition) is 1. The van der Waals surface area contributed by atoms with Gasteiger partial charge in [-0.25, -0.2) is 9.78 Å². The van der Waals surface area contributed by atoms with E-state index in [2.05, 4.69) is 5.32 Å². The summed E-state index contributed by atoms with van der Waals surface area (Å²) >= 11 is 0. The number of imidazole rings is 1. The monoisotopic (exact) mass is 397 g/mol. The number of cyclic esters (lactones) is 1. The Labute approximate surface area is 173 Å². The molecule has 0 bridgehead atoms. The molecule has 1 amide bonds. The van der Waals surface area contributed by atoms with Crippen molar-refractivity contribution in [1.29, 1.82) is 0 Å². The lowest BCUT2D eigenvalue weighted by Crippen LogP contribution is -2.38. The fourth-order valence-corrected chi connectivity index (χ4v) is 3.80. The van der Waals surface area contributed by atoms with Crippen LogP contribution in [0.3, 0.4) is 0 Å². The molecule has 4 aromatic rings. The summed E-state index contributed by atoms with van der Waals surface area (Å²) in [5, 5.41) is 2.96. The van der Waals surface area contributed by atoms with Crippen molar-refractivity contribution >= 4 is 23.3 Å². The molecule has 148 valence electrons. The van der Waals surface area contributed by atoms with Crippen LogP contribution in [0.15, 0.2) is 72.9 Å². The SMILES string of the molecule is Cc1cccn2c(NC(=O)C3Cc4ccccc4C(=O)O3)c(-c3ccccc3)nc12. The summed E-state index contributed by atoms with van der Waals surface area (Å²) in [7, 11) is 0. The first-order valence-electron chi connectivity index (χ1n) is 9.74. The fraction of sp³-hybridized carbons (Fsp3) is 0.125. The summed E-state index contributed by atoms with van der Waals surface area (Å²) in [6.45, 7) is 1.97. The van der Waals surface area contributed by atoms with Crippen molar-refractivity contribution in [1.82, 2.24) is 9.38 Å². The van der Waals surface area contributed by atoms with E-state index >= 15 is 0 Å². The van der Waals surface area contributed by atoms with Gasteiger partial charge in [0, 0.05) is 18.2 Å². The number of aryl methyl sites for hydroxylation is 1. The van der Waals surface area contributed by atoms with Crippen molar-refractivity contribution in [3.63, 3.8) is 0 Å². The number of ether oxygens (including phenoxy) is 1. The van der Waals surface area contributed by atoms with Crippen LogP contribution in [-0.2, 0) is 16.0 Å². The second kappa shape index (κ2) is 7.15. The van der Waals surface area contributed by atoms with Gasteiger partial charge >= 0.3 is 5.97 Å². The molecule has 0 spiro atoms. The van der Waals surface area contributed by atoms with E-state index in [1.807, 2.05) is 72.1 Å². The standard InChI is InChI=1S/C24H19N3O3/c1-15-8-7-13-27-21(15)25-20(16-9-3-2-4-10-16)22(27)26-23(28)19-14-17-11-5-6-12-18(17)24(29)30-19/h2-13,19H,14H2,1H3,(H,26,28).